The Bertz CT molecular complexity index is 4800. The molecule has 0 fully saturated rings. The number of nitrogens with zero attached hydrogens (tertiary/aromatic N) is 7. The maximum absolute atomic E-state index is 7.06. The third kappa shape index (κ3) is 7.04. The van der Waals surface area contributed by atoms with E-state index in [1.54, 1.807) is 0 Å². The smallest absolute Gasteiger partial charge is 0.268 e. The van der Waals surface area contributed by atoms with E-state index in [9.17, 15) is 0 Å². The fourth-order valence-corrected chi connectivity index (χ4v) is 13.9. The minimum atomic E-state index is -0.311. The average molecular weight is 1250 g/mol. The molecule has 10 heteroatoms. The van der Waals surface area contributed by atoms with Crippen molar-refractivity contribution in [2.24, 2.45) is 0 Å². The molecule has 4 aliphatic rings. The van der Waals surface area contributed by atoms with Crippen molar-refractivity contribution in [3.8, 4) is 28.7 Å². The maximum Gasteiger partial charge on any atom is 0.268 e. The second-order valence-electron chi connectivity index (χ2n) is 23.6. The first-order valence-electron chi connectivity index (χ1n) is 28.3. The fraction of sp³-hybridized carbons (Fsp3) is 0.0959. The van der Waals surface area contributed by atoms with Gasteiger partial charge in [-0.25, -0.2) is 4.98 Å². The number of aromatic nitrogens is 4. The number of para-hydroxylation sites is 5. The predicted octanol–water partition coefficient (Wildman–Crippen LogP) is 15.4. The van der Waals surface area contributed by atoms with Gasteiger partial charge in [0.05, 0.1) is 16.7 Å². The van der Waals surface area contributed by atoms with Crippen molar-refractivity contribution in [2.45, 2.75) is 45.4 Å². The van der Waals surface area contributed by atoms with Crippen LogP contribution >= 0.6 is 0 Å². The summed E-state index contributed by atoms with van der Waals surface area (Å²) >= 11 is 0. The Hall–Kier alpha value is -9.43. The molecule has 10 aromatic carbocycles. The van der Waals surface area contributed by atoms with Crippen LogP contribution in [0.15, 0.2) is 225 Å². The van der Waals surface area contributed by atoms with Gasteiger partial charge in [0.1, 0.15) is 5.82 Å². The molecule has 0 unspecified atom stereocenters. The number of ether oxygens (including phenoxy) is 1. The van der Waals surface area contributed by atoms with Gasteiger partial charge in [-0.1, -0.05) is 149 Å². The molecular formula is C73H52BN7OPt-2. The van der Waals surface area contributed by atoms with E-state index in [-0.39, 0.29) is 38.6 Å². The quantitative estimate of drug-likeness (QED) is 0.0904. The van der Waals surface area contributed by atoms with Gasteiger partial charge >= 0.3 is 0 Å². The first-order valence-corrected chi connectivity index (χ1v) is 28.3. The van der Waals surface area contributed by atoms with E-state index in [2.05, 4.69) is 300 Å². The van der Waals surface area contributed by atoms with Gasteiger partial charge < -0.3 is 28.6 Å². The topological polar surface area (TPSA) is 45.6 Å². The molecule has 8 nitrogen and oxygen atoms in total. The van der Waals surface area contributed by atoms with E-state index in [0.29, 0.717) is 11.5 Å². The molecule has 0 N–H and O–H groups in total. The molecule has 13 aromatic rings. The van der Waals surface area contributed by atoms with Gasteiger partial charge in [0, 0.05) is 95.5 Å². The van der Waals surface area contributed by atoms with Crippen molar-refractivity contribution < 1.29 is 30.4 Å². The molecule has 0 saturated carbocycles. The Morgan fingerprint density at radius 3 is 1.75 bits per heavy atom. The predicted molar refractivity (Wildman–Crippen MR) is 333 cm³/mol. The Kier molecular flexibility index (Phi) is 10.7. The standard InChI is InChI=1S/C73H52BN7O.Pt/c1-72(2,3)46-39-40-75-65(41-46)81-61-42-51(82-52-36-38-54-62(43-52)77-45-76(47-21-10-6-11-22-47)60-34-18-29-55(70(60)77)73(54,4)5)35-37-53(61)66-63(81)44-64-69-71(66)80(50-27-16-9-17-28-50)59-33-20-31-57-68(59)74(69)67-56(78(57)48-23-12-7-13-24-48)30-19-32-58(67)79(64)49-25-14-8-15-26-49;/h6-41,44H,1-5H3;/q-2;. The number of anilines is 9. The molecule has 0 aliphatic carbocycles. The summed E-state index contributed by atoms with van der Waals surface area (Å²) in [5, 5.41) is 2.15. The molecule has 0 radical (unpaired) electrons. The van der Waals surface area contributed by atoms with Crippen molar-refractivity contribution >= 4 is 107 Å². The Morgan fingerprint density at radius 1 is 0.542 bits per heavy atom. The summed E-state index contributed by atoms with van der Waals surface area (Å²) in [6.45, 7) is 11.3. The van der Waals surface area contributed by atoms with E-state index in [0.717, 1.165) is 95.4 Å². The van der Waals surface area contributed by atoms with Crippen LogP contribution in [0.5, 0.6) is 11.5 Å². The van der Waals surface area contributed by atoms with Crippen LogP contribution in [0, 0.1) is 18.5 Å². The van der Waals surface area contributed by atoms with Gasteiger partial charge in [-0.05, 0) is 140 Å². The van der Waals surface area contributed by atoms with Crippen LogP contribution in [-0.2, 0) is 31.9 Å². The molecular weight excluding hydrogens is 1200 g/mol. The van der Waals surface area contributed by atoms with Crippen LogP contribution in [0.4, 0.5) is 51.2 Å². The molecule has 400 valence electrons. The largest absolute Gasteiger partial charge is 0.510 e. The van der Waals surface area contributed by atoms with Crippen LogP contribution in [-0.4, -0.2) is 20.8 Å². The van der Waals surface area contributed by atoms with Crippen LogP contribution in [0.25, 0.3) is 50.0 Å². The maximum atomic E-state index is 7.06. The summed E-state index contributed by atoms with van der Waals surface area (Å²) < 4.78 is 13.7. The Labute approximate surface area is 497 Å². The van der Waals surface area contributed by atoms with E-state index < -0.39 is 0 Å². The van der Waals surface area contributed by atoms with Crippen molar-refractivity contribution in [2.75, 3.05) is 14.7 Å². The van der Waals surface area contributed by atoms with Crippen LogP contribution in [0.1, 0.15) is 51.3 Å². The summed E-state index contributed by atoms with van der Waals surface area (Å²) in [7, 11) is 0. The van der Waals surface area contributed by atoms with Gasteiger partial charge in [-0.3, -0.25) is 4.57 Å². The number of hydrogen-bond acceptors (Lipinski definition) is 5. The fourth-order valence-electron chi connectivity index (χ4n) is 13.9. The molecule has 0 atom stereocenters. The van der Waals surface area contributed by atoms with Crippen molar-refractivity contribution in [1.29, 1.82) is 0 Å². The summed E-state index contributed by atoms with van der Waals surface area (Å²) in [5.41, 5.74) is 23.1. The first kappa shape index (κ1) is 49.4. The number of fused-ring (bicyclic) bond motifs is 6. The zero-order chi connectivity index (χ0) is 54.8. The Balaban J connectivity index is 0.00000565. The van der Waals surface area contributed by atoms with Gasteiger partial charge in [0.15, 0.2) is 0 Å². The van der Waals surface area contributed by atoms with E-state index >= 15 is 0 Å². The van der Waals surface area contributed by atoms with Crippen LogP contribution in [0.2, 0.25) is 0 Å². The monoisotopic (exact) mass is 1250 g/mol. The summed E-state index contributed by atoms with van der Waals surface area (Å²) in [6.07, 6.45) is 5.69. The van der Waals surface area contributed by atoms with Gasteiger partial charge in [-0.15, -0.1) is 29.8 Å². The van der Waals surface area contributed by atoms with E-state index in [4.69, 9.17) is 9.72 Å². The third-order valence-corrected chi connectivity index (χ3v) is 17.6. The van der Waals surface area contributed by atoms with Gasteiger partial charge in [-0.2, -0.15) is 12.1 Å². The van der Waals surface area contributed by atoms with Crippen molar-refractivity contribution in [1.82, 2.24) is 14.1 Å². The van der Waals surface area contributed by atoms with Crippen molar-refractivity contribution in [3.05, 3.63) is 260 Å². The zero-order valence-electron chi connectivity index (χ0n) is 46.3. The van der Waals surface area contributed by atoms with Crippen LogP contribution < -0.4 is 40.4 Å². The molecule has 4 aliphatic heterocycles. The van der Waals surface area contributed by atoms with Crippen molar-refractivity contribution in [3.63, 3.8) is 0 Å². The summed E-state index contributed by atoms with van der Waals surface area (Å²) in [4.78, 5) is 12.8. The minimum Gasteiger partial charge on any atom is -0.510 e. The van der Waals surface area contributed by atoms with Crippen LogP contribution in [0.3, 0.4) is 0 Å². The second-order valence-corrected chi connectivity index (χ2v) is 23.6. The molecule has 0 bridgehead atoms. The SMILES string of the molecule is CC(C)(C)c1ccnc(-n2c3[c-]c(Oc4[c-]c5c(cc4)C(C)(C)c4cccc6c4n-5[c-][n+]6-c4ccccc4)ccc3c3c4c5c(cc32)N(c2ccccc2)c2cccc3c2B5c2c(cccc2N4c2ccccc2)N3c2ccccc2)c1.[Pt]. The zero-order valence-corrected chi connectivity index (χ0v) is 48.6. The number of pyridine rings is 1. The van der Waals surface area contributed by atoms with E-state index in [1.165, 1.54) is 38.9 Å². The number of benzene rings is 10. The van der Waals surface area contributed by atoms with Gasteiger partial charge in [0.2, 0.25) is 0 Å². The molecule has 3 aromatic heterocycles. The molecule has 7 heterocycles. The number of hydrogen-bond donors (Lipinski definition) is 0. The number of imidazole rings is 1. The molecule has 17 rings (SSSR count). The minimum absolute atomic E-state index is 0. The molecule has 0 saturated heterocycles. The molecule has 0 spiro atoms. The first-order chi connectivity index (χ1) is 40.1. The summed E-state index contributed by atoms with van der Waals surface area (Å²) in [6, 6.07) is 86.5. The van der Waals surface area contributed by atoms with Gasteiger partial charge in [0.25, 0.3) is 13.0 Å². The average Bonchev–Trinajstić information content (AvgIpc) is 1.83. The molecule has 0 amide bonds. The second kappa shape index (κ2) is 18.0. The molecule has 83 heavy (non-hydrogen) atoms. The number of rotatable bonds is 7. The normalized spacial score (nSPS) is 14.0. The Morgan fingerprint density at radius 2 is 1.11 bits per heavy atom. The third-order valence-electron chi connectivity index (χ3n) is 17.6. The summed E-state index contributed by atoms with van der Waals surface area (Å²) in [5.74, 6) is 1.96. The van der Waals surface area contributed by atoms with E-state index in [1.807, 2.05) is 6.20 Å².